The maximum absolute atomic E-state index is 12.7. The van der Waals surface area contributed by atoms with Gasteiger partial charge in [-0.2, -0.15) is 0 Å². The van der Waals surface area contributed by atoms with Gasteiger partial charge in [-0.1, -0.05) is 11.6 Å². The van der Waals surface area contributed by atoms with Crippen molar-refractivity contribution < 1.29 is 13.2 Å². The second-order valence-electron chi connectivity index (χ2n) is 2.90. The first-order valence-corrected chi connectivity index (χ1v) is 4.37. The molecule has 1 atom stereocenters. The zero-order valence-electron chi connectivity index (χ0n) is 7.18. The lowest BCUT2D eigenvalue weighted by Gasteiger charge is -2.12. The first-order chi connectivity index (χ1) is 6.50. The van der Waals surface area contributed by atoms with Crippen LogP contribution in [0.3, 0.4) is 0 Å². The summed E-state index contributed by atoms with van der Waals surface area (Å²) in [6.07, 6.45) is -3.05. The average Bonchev–Trinajstić information content (AvgIpc) is 2.08. The number of alkyl halides is 2. The molecule has 78 valence electrons. The van der Waals surface area contributed by atoms with E-state index in [-0.39, 0.29) is 10.6 Å². The lowest BCUT2D eigenvalue weighted by Crippen LogP contribution is -2.14. The molecule has 0 aromatic heterocycles. The van der Waals surface area contributed by atoms with Gasteiger partial charge in [0.15, 0.2) is 0 Å². The quantitative estimate of drug-likeness (QED) is 0.837. The SMILES string of the molecule is N[C@@H](CC(F)F)c1cc(F)ccc1Cl. The van der Waals surface area contributed by atoms with Crippen molar-refractivity contribution in [3.05, 3.63) is 34.6 Å². The molecule has 0 spiro atoms. The van der Waals surface area contributed by atoms with E-state index >= 15 is 0 Å². The molecule has 0 saturated heterocycles. The number of nitrogens with two attached hydrogens (primary N) is 1. The minimum atomic E-state index is -2.52. The Labute approximate surface area is 84.7 Å². The van der Waals surface area contributed by atoms with E-state index in [1.54, 1.807) is 0 Å². The maximum Gasteiger partial charge on any atom is 0.240 e. The molecule has 1 aromatic carbocycles. The van der Waals surface area contributed by atoms with Crippen molar-refractivity contribution in [1.29, 1.82) is 0 Å². The van der Waals surface area contributed by atoms with Gasteiger partial charge in [0.1, 0.15) is 5.82 Å². The van der Waals surface area contributed by atoms with Crippen LogP contribution in [0.2, 0.25) is 5.02 Å². The Bertz CT molecular complexity index is 317. The van der Waals surface area contributed by atoms with Gasteiger partial charge < -0.3 is 5.73 Å². The van der Waals surface area contributed by atoms with Crippen LogP contribution < -0.4 is 5.73 Å². The van der Waals surface area contributed by atoms with Crippen molar-refractivity contribution in [2.75, 3.05) is 0 Å². The number of rotatable bonds is 3. The van der Waals surface area contributed by atoms with Crippen molar-refractivity contribution in [2.24, 2.45) is 5.73 Å². The molecule has 0 saturated carbocycles. The predicted molar refractivity (Wildman–Crippen MR) is 49.0 cm³/mol. The smallest absolute Gasteiger partial charge is 0.240 e. The highest BCUT2D eigenvalue weighted by atomic mass is 35.5. The van der Waals surface area contributed by atoms with E-state index < -0.39 is 24.7 Å². The van der Waals surface area contributed by atoms with Crippen LogP contribution in [0.4, 0.5) is 13.2 Å². The van der Waals surface area contributed by atoms with Gasteiger partial charge in [0, 0.05) is 17.5 Å². The second kappa shape index (κ2) is 4.66. The Hall–Kier alpha value is -0.740. The molecule has 0 amide bonds. The third kappa shape index (κ3) is 2.89. The molecule has 2 N–H and O–H groups in total. The lowest BCUT2D eigenvalue weighted by molar-refractivity contribution is 0.128. The lowest BCUT2D eigenvalue weighted by atomic mass is 10.0. The Kier molecular flexibility index (Phi) is 3.77. The average molecular weight is 224 g/mol. The van der Waals surface area contributed by atoms with Crippen molar-refractivity contribution >= 4 is 11.6 Å². The number of halogens is 4. The van der Waals surface area contributed by atoms with Crippen LogP contribution in [0.15, 0.2) is 18.2 Å². The number of benzene rings is 1. The van der Waals surface area contributed by atoms with Crippen molar-refractivity contribution in [2.45, 2.75) is 18.9 Å². The fourth-order valence-corrected chi connectivity index (χ4v) is 1.38. The molecule has 0 radical (unpaired) electrons. The van der Waals surface area contributed by atoms with Gasteiger partial charge in [-0.05, 0) is 23.8 Å². The molecular formula is C9H9ClF3N. The number of hydrogen-bond acceptors (Lipinski definition) is 1. The fraction of sp³-hybridized carbons (Fsp3) is 0.333. The Morgan fingerprint density at radius 3 is 2.57 bits per heavy atom. The van der Waals surface area contributed by atoms with Gasteiger partial charge in [-0.25, -0.2) is 13.2 Å². The van der Waals surface area contributed by atoms with Crippen LogP contribution in [0.5, 0.6) is 0 Å². The number of hydrogen-bond donors (Lipinski definition) is 1. The third-order valence-corrected chi connectivity index (χ3v) is 2.13. The third-order valence-electron chi connectivity index (χ3n) is 1.79. The zero-order valence-corrected chi connectivity index (χ0v) is 7.94. The van der Waals surface area contributed by atoms with Crippen LogP contribution in [-0.2, 0) is 0 Å². The second-order valence-corrected chi connectivity index (χ2v) is 3.31. The molecule has 5 heteroatoms. The molecule has 1 aromatic rings. The highest BCUT2D eigenvalue weighted by Crippen LogP contribution is 2.26. The maximum atomic E-state index is 12.7. The summed E-state index contributed by atoms with van der Waals surface area (Å²) in [6, 6.07) is 2.60. The van der Waals surface area contributed by atoms with Crippen LogP contribution in [0.1, 0.15) is 18.0 Å². The van der Waals surface area contributed by atoms with Gasteiger partial charge in [0.05, 0.1) is 0 Å². The molecule has 1 rings (SSSR count). The summed E-state index contributed by atoms with van der Waals surface area (Å²) in [5.41, 5.74) is 5.65. The van der Waals surface area contributed by atoms with E-state index in [4.69, 9.17) is 17.3 Å². The molecule has 1 nitrogen and oxygen atoms in total. The van der Waals surface area contributed by atoms with Crippen molar-refractivity contribution in [3.63, 3.8) is 0 Å². The highest BCUT2D eigenvalue weighted by Gasteiger charge is 2.15. The normalized spacial score (nSPS) is 13.3. The summed E-state index contributed by atoms with van der Waals surface area (Å²) >= 11 is 5.68. The van der Waals surface area contributed by atoms with Crippen LogP contribution >= 0.6 is 11.6 Å². The van der Waals surface area contributed by atoms with E-state index in [1.807, 2.05) is 0 Å². The summed E-state index contributed by atoms with van der Waals surface area (Å²) < 4.78 is 36.7. The molecular weight excluding hydrogens is 215 g/mol. The molecule has 0 aliphatic carbocycles. The minimum Gasteiger partial charge on any atom is -0.324 e. The van der Waals surface area contributed by atoms with Gasteiger partial charge in [-0.3, -0.25) is 0 Å². The first-order valence-electron chi connectivity index (χ1n) is 3.99. The molecule has 0 bridgehead atoms. The van der Waals surface area contributed by atoms with Crippen LogP contribution in [-0.4, -0.2) is 6.43 Å². The summed E-state index contributed by atoms with van der Waals surface area (Å²) in [5, 5.41) is 0.208. The Morgan fingerprint density at radius 2 is 2.00 bits per heavy atom. The summed E-state index contributed by atoms with van der Waals surface area (Å²) in [4.78, 5) is 0. The molecule has 0 fully saturated rings. The van der Waals surface area contributed by atoms with E-state index in [0.717, 1.165) is 12.1 Å². The predicted octanol–water partition coefficient (Wildman–Crippen LogP) is 3.13. The van der Waals surface area contributed by atoms with E-state index in [0.29, 0.717) is 0 Å². The van der Waals surface area contributed by atoms with Gasteiger partial charge >= 0.3 is 0 Å². The van der Waals surface area contributed by atoms with Gasteiger partial charge in [0.2, 0.25) is 6.43 Å². The van der Waals surface area contributed by atoms with Crippen LogP contribution in [0, 0.1) is 5.82 Å². The van der Waals surface area contributed by atoms with E-state index in [9.17, 15) is 13.2 Å². The van der Waals surface area contributed by atoms with Crippen LogP contribution in [0.25, 0.3) is 0 Å². The molecule has 0 aliphatic rings. The van der Waals surface area contributed by atoms with Crippen molar-refractivity contribution in [1.82, 2.24) is 0 Å². The fourth-order valence-electron chi connectivity index (χ4n) is 1.12. The largest absolute Gasteiger partial charge is 0.324 e. The first kappa shape index (κ1) is 11.3. The van der Waals surface area contributed by atoms with E-state index in [2.05, 4.69) is 0 Å². The Morgan fingerprint density at radius 1 is 1.36 bits per heavy atom. The summed E-state index contributed by atoms with van der Waals surface area (Å²) in [6.45, 7) is 0. The van der Waals surface area contributed by atoms with E-state index in [1.165, 1.54) is 6.07 Å². The minimum absolute atomic E-state index is 0.208. The standard InChI is InChI=1S/C9H9ClF3N/c10-7-2-1-5(11)3-6(7)8(14)4-9(12)13/h1-3,8-9H,4,14H2/t8-/m0/s1. The zero-order chi connectivity index (χ0) is 10.7. The summed E-state index contributed by atoms with van der Waals surface area (Å²) in [7, 11) is 0. The van der Waals surface area contributed by atoms with Crippen molar-refractivity contribution in [3.8, 4) is 0 Å². The molecule has 0 aliphatic heterocycles. The Balaban J connectivity index is 2.88. The highest BCUT2D eigenvalue weighted by molar-refractivity contribution is 6.31. The molecule has 0 heterocycles. The molecule has 14 heavy (non-hydrogen) atoms. The van der Waals surface area contributed by atoms with Gasteiger partial charge in [0.25, 0.3) is 0 Å². The van der Waals surface area contributed by atoms with Gasteiger partial charge in [-0.15, -0.1) is 0 Å². The monoisotopic (exact) mass is 223 g/mol. The topological polar surface area (TPSA) is 26.0 Å². The molecule has 0 unspecified atom stereocenters. The summed E-state index contributed by atoms with van der Waals surface area (Å²) in [5.74, 6) is -0.533.